The van der Waals surface area contributed by atoms with Crippen LogP contribution < -0.4 is 56.3 Å². The SMILES string of the molecule is CC1(C)C(C=C/C=C2/N(CCCCS(=O)(=O)[O-])c3ccc(Cl)cc3C2(C)C)=[N+](CCCCS(=O)(=O)O)c2ccc(Cl)cc21.[K+]. The van der Waals surface area contributed by atoms with Crippen LogP contribution in [0, 0.1) is 0 Å². The van der Waals surface area contributed by atoms with Crippen LogP contribution in [0.25, 0.3) is 0 Å². The van der Waals surface area contributed by atoms with Crippen LogP contribution in [0.2, 0.25) is 10.0 Å². The van der Waals surface area contributed by atoms with Gasteiger partial charge in [-0.25, -0.2) is 8.42 Å². The number of unbranched alkanes of at least 4 members (excludes halogenated alkanes) is 2. The molecule has 2 aliphatic heterocycles. The summed E-state index contributed by atoms with van der Waals surface area (Å²) in [6, 6.07) is 11.6. The van der Waals surface area contributed by atoms with Gasteiger partial charge < -0.3 is 9.45 Å². The zero-order valence-electron chi connectivity index (χ0n) is 25.8. The van der Waals surface area contributed by atoms with Crippen molar-refractivity contribution in [1.82, 2.24) is 0 Å². The van der Waals surface area contributed by atoms with Crippen LogP contribution in [-0.4, -0.2) is 60.8 Å². The molecule has 0 amide bonds. The zero-order valence-corrected chi connectivity index (χ0v) is 32.1. The molecule has 13 heteroatoms. The average molecular weight is 709 g/mol. The van der Waals surface area contributed by atoms with Gasteiger partial charge in [0.2, 0.25) is 5.69 Å². The van der Waals surface area contributed by atoms with Gasteiger partial charge in [-0.1, -0.05) is 43.1 Å². The minimum absolute atomic E-state index is 0. The number of allylic oxidation sites excluding steroid dienone is 4. The molecular formula is C31H38Cl2KN2O6S2+. The van der Waals surface area contributed by atoms with Crippen molar-refractivity contribution in [2.45, 2.75) is 64.2 Å². The predicted molar refractivity (Wildman–Crippen MR) is 173 cm³/mol. The number of fused-ring (bicyclic) bond motifs is 2. The van der Waals surface area contributed by atoms with E-state index in [9.17, 15) is 21.4 Å². The van der Waals surface area contributed by atoms with Crippen LogP contribution in [-0.2, 0) is 31.1 Å². The van der Waals surface area contributed by atoms with Crippen molar-refractivity contribution in [2.75, 3.05) is 29.5 Å². The second-order valence-electron chi connectivity index (χ2n) is 12.1. The number of hydrogen-bond donors (Lipinski definition) is 1. The van der Waals surface area contributed by atoms with E-state index in [0.717, 1.165) is 33.9 Å². The van der Waals surface area contributed by atoms with E-state index < -0.39 is 31.4 Å². The molecule has 2 aromatic rings. The molecule has 0 radical (unpaired) electrons. The fourth-order valence-corrected chi connectivity index (χ4v) is 7.58. The molecule has 0 atom stereocenters. The van der Waals surface area contributed by atoms with Gasteiger partial charge in [-0.2, -0.15) is 13.0 Å². The number of rotatable bonds is 12. The molecule has 2 aromatic carbocycles. The first-order chi connectivity index (χ1) is 19.9. The number of anilines is 1. The Kier molecular flexibility index (Phi) is 12.6. The van der Waals surface area contributed by atoms with Gasteiger partial charge in [0.1, 0.15) is 6.54 Å². The predicted octanol–water partition coefficient (Wildman–Crippen LogP) is 3.60. The van der Waals surface area contributed by atoms with Gasteiger partial charge in [-0.05, 0) is 75.1 Å². The van der Waals surface area contributed by atoms with Crippen molar-refractivity contribution in [3.8, 4) is 0 Å². The van der Waals surface area contributed by atoms with Gasteiger partial charge >= 0.3 is 51.4 Å². The Labute approximate surface area is 314 Å². The molecule has 0 bridgehead atoms. The Balaban J connectivity index is 0.00000529. The third-order valence-electron chi connectivity index (χ3n) is 8.28. The molecule has 1 N–H and O–H groups in total. The smallest absolute Gasteiger partial charge is 0.748 e. The van der Waals surface area contributed by atoms with Crippen molar-refractivity contribution in [3.05, 3.63) is 81.5 Å². The van der Waals surface area contributed by atoms with Gasteiger partial charge in [0.05, 0.1) is 21.3 Å². The summed E-state index contributed by atoms with van der Waals surface area (Å²) in [5.41, 5.74) is 5.40. The number of hydrogen-bond acceptors (Lipinski definition) is 6. The first-order valence-electron chi connectivity index (χ1n) is 14.2. The van der Waals surface area contributed by atoms with E-state index in [2.05, 4.69) is 49.3 Å². The molecule has 2 heterocycles. The van der Waals surface area contributed by atoms with Crippen molar-refractivity contribution in [1.29, 1.82) is 0 Å². The van der Waals surface area contributed by atoms with E-state index in [1.807, 2.05) is 42.5 Å². The molecule has 0 saturated carbocycles. The molecule has 0 aliphatic carbocycles. The van der Waals surface area contributed by atoms with E-state index in [1.54, 1.807) is 0 Å². The summed E-state index contributed by atoms with van der Waals surface area (Å²) >= 11 is 12.8. The molecule has 44 heavy (non-hydrogen) atoms. The third kappa shape index (κ3) is 8.86. The summed E-state index contributed by atoms with van der Waals surface area (Å²) in [7, 11) is -8.30. The molecule has 0 fully saturated rings. The fraction of sp³-hybridized carbons (Fsp3) is 0.452. The van der Waals surface area contributed by atoms with Gasteiger partial charge in [-0.15, -0.1) is 0 Å². The van der Waals surface area contributed by atoms with Crippen LogP contribution in [0.3, 0.4) is 0 Å². The summed E-state index contributed by atoms with van der Waals surface area (Å²) in [6.45, 7) is 9.60. The average Bonchev–Trinajstić information content (AvgIpc) is 3.22. The van der Waals surface area contributed by atoms with Crippen LogP contribution in [0.5, 0.6) is 0 Å². The van der Waals surface area contributed by atoms with Crippen LogP contribution in [0.1, 0.15) is 64.5 Å². The molecule has 0 spiro atoms. The summed E-state index contributed by atoms with van der Waals surface area (Å²) in [4.78, 5) is 2.17. The number of benzene rings is 2. The van der Waals surface area contributed by atoms with E-state index in [1.165, 1.54) is 0 Å². The van der Waals surface area contributed by atoms with Gasteiger partial charge in [0.15, 0.2) is 5.71 Å². The van der Waals surface area contributed by atoms with E-state index in [0.29, 0.717) is 42.4 Å². The second-order valence-corrected chi connectivity index (χ2v) is 16.1. The number of nitrogens with zero attached hydrogens (tertiary/aromatic N) is 2. The summed E-state index contributed by atoms with van der Waals surface area (Å²) in [5.74, 6) is -0.681. The van der Waals surface area contributed by atoms with Crippen LogP contribution >= 0.6 is 23.2 Å². The van der Waals surface area contributed by atoms with Crippen LogP contribution in [0.15, 0.2) is 60.3 Å². The maximum atomic E-state index is 11.3. The minimum atomic E-state index is -4.27. The largest absolute Gasteiger partial charge is 1.00 e. The van der Waals surface area contributed by atoms with E-state index in [4.69, 9.17) is 27.8 Å². The molecule has 0 aromatic heterocycles. The molecular weight excluding hydrogens is 670 g/mol. The Bertz CT molecular complexity index is 1720. The monoisotopic (exact) mass is 707 g/mol. The molecule has 2 aliphatic rings. The molecule has 4 rings (SSSR count). The fourth-order valence-electron chi connectivity index (χ4n) is 6.11. The van der Waals surface area contributed by atoms with E-state index >= 15 is 0 Å². The third-order valence-corrected chi connectivity index (χ3v) is 10.3. The van der Waals surface area contributed by atoms with Gasteiger partial charge in [0, 0.05) is 63.3 Å². The second kappa shape index (κ2) is 14.7. The molecule has 0 unspecified atom stereocenters. The minimum Gasteiger partial charge on any atom is -0.748 e. The normalized spacial score (nSPS) is 18.2. The first-order valence-corrected chi connectivity index (χ1v) is 18.2. The Morgan fingerprint density at radius 2 is 1.50 bits per heavy atom. The molecule has 8 nitrogen and oxygen atoms in total. The van der Waals surface area contributed by atoms with E-state index in [-0.39, 0.29) is 69.0 Å². The zero-order chi connectivity index (χ0) is 31.8. The number of halogens is 2. The van der Waals surface area contributed by atoms with Crippen molar-refractivity contribution in [3.63, 3.8) is 0 Å². The first kappa shape index (κ1) is 37.9. The summed E-state index contributed by atoms with van der Waals surface area (Å²) < 4.78 is 67.3. The topological polar surface area (TPSA) is 118 Å². The summed E-state index contributed by atoms with van der Waals surface area (Å²) in [6.07, 6.45) is 7.83. The maximum absolute atomic E-state index is 11.3. The molecule has 234 valence electrons. The quantitative estimate of drug-likeness (QED) is 0.155. The molecule has 0 saturated heterocycles. The van der Waals surface area contributed by atoms with Gasteiger partial charge in [-0.3, -0.25) is 4.55 Å². The van der Waals surface area contributed by atoms with Crippen LogP contribution in [0.4, 0.5) is 11.4 Å². The van der Waals surface area contributed by atoms with Crippen molar-refractivity contribution >= 4 is 60.5 Å². The van der Waals surface area contributed by atoms with Crippen molar-refractivity contribution in [2.24, 2.45) is 0 Å². The Morgan fingerprint density at radius 1 is 0.886 bits per heavy atom. The Morgan fingerprint density at radius 3 is 2.14 bits per heavy atom. The van der Waals surface area contributed by atoms with Gasteiger partial charge in [0.25, 0.3) is 10.1 Å². The Hall–Kier alpha value is -0.574. The standard InChI is InChI=1S/C31H38Cl2N2O6S2.K/c1-30(2)24-20-22(32)12-14-26(24)34(16-5-7-18-42(36,37)38)28(30)10-9-11-29-31(3,4)25-21-23(33)13-15-27(25)35(29)17-6-8-19-43(39,40)41;/h9-15,20-21H,5-8,16-19H2,1-4H3,(H-,36,37,38,39,40,41);/q;+1. The summed E-state index contributed by atoms with van der Waals surface area (Å²) in [5, 5.41) is 1.26. The van der Waals surface area contributed by atoms with Crippen molar-refractivity contribution < 1.29 is 81.9 Å². The maximum Gasteiger partial charge on any atom is 1.00 e.